The van der Waals surface area contributed by atoms with Gasteiger partial charge in [0.15, 0.2) is 0 Å². The van der Waals surface area contributed by atoms with Crippen molar-refractivity contribution in [2.24, 2.45) is 22.2 Å². The highest BCUT2D eigenvalue weighted by atomic mass is 16.5. The molecule has 0 bridgehead atoms. The van der Waals surface area contributed by atoms with E-state index in [0.29, 0.717) is 16.2 Å². The van der Waals surface area contributed by atoms with E-state index >= 15 is 0 Å². The molecule has 0 spiro atoms. The van der Waals surface area contributed by atoms with Crippen molar-refractivity contribution >= 4 is 0 Å². The Morgan fingerprint density at radius 2 is 1.39 bits per heavy atom. The van der Waals surface area contributed by atoms with Gasteiger partial charge in [0.05, 0.1) is 13.2 Å². The summed E-state index contributed by atoms with van der Waals surface area (Å²) in [6, 6.07) is 0. The second-order valence-electron chi connectivity index (χ2n) is 9.22. The molecule has 0 N–H and O–H groups in total. The van der Waals surface area contributed by atoms with Crippen molar-refractivity contribution in [1.82, 2.24) is 0 Å². The van der Waals surface area contributed by atoms with Gasteiger partial charge in [-0.05, 0) is 41.9 Å². The lowest BCUT2D eigenvalue weighted by Crippen LogP contribution is -2.35. The SMILES string of the molecule is CC(C)(C)CC[C@@](C)(CC1COC1)CC(C)(C)C. The molecular weight excluding hydrogens is 220 g/mol. The number of rotatable bonds is 5. The largest absolute Gasteiger partial charge is 0.381 e. The molecule has 0 aromatic heterocycles. The summed E-state index contributed by atoms with van der Waals surface area (Å²) in [6.07, 6.45) is 5.35. The van der Waals surface area contributed by atoms with Gasteiger partial charge in [0.2, 0.25) is 0 Å². The summed E-state index contributed by atoms with van der Waals surface area (Å²) in [5, 5.41) is 0. The van der Waals surface area contributed by atoms with Gasteiger partial charge in [-0.15, -0.1) is 0 Å². The summed E-state index contributed by atoms with van der Waals surface area (Å²) < 4.78 is 5.36. The van der Waals surface area contributed by atoms with Gasteiger partial charge in [-0.1, -0.05) is 48.5 Å². The van der Waals surface area contributed by atoms with Crippen LogP contribution in [0.2, 0.25) is 0 Å². The van der Waals surface area contributed by atoms with Crippen LogP contribution >= 0.6 is 0 Å². The van der Waals surface area contributed by atoms with Gasteiger partial charge in [0.1, 0.15) is 0 Å². The highest BCUT2D eigenvalue weighted by Gasteiger charge is 2.35. The Balaban J connectivity index is 2.60. The third kappa shape index (κ3) is 6.22. The molecule has 0 saturated carbocycles. The first-order chi connectivity index (χ1) is 7.99. The van der Waals surface area contributed by atoms with Crippen LogP contribution in [-0.2, 0) is 4.74 Å². The Labute approximate surface area is 115 Å². The number of hydrogen-bond donors (Lipinski definition) is 0. The molecule has 1 nitrogen and oxygen atoms in total. The van der Waals surface area contributed by atoms with Crippen molar-refractivity contribution in [1.29, 1.82) is 0 Å². The molecule has 108 valence electrons. The normalized spacial score (nSPS) is 21.5. The lowest BCUT2D eigenvalue weighted by molar-refractivity contribution is -0.0594. The van der Waals surface area contributed by atoms with E-state index in [1.54, 1.807) is 0 Å². The average Bonchev–Trinajstić information content (AvgIpc) is 2.05. The molecule has 1 heterocycles. The van der Waals surface area contributed by atoms with E-state index in [4.69, 9.17) is 4.74 Å². The summed E-state index contributed by atoms with van der Waals surface area (Å²) in [7, 11) is 0. The Bertz CT molecular complexity index is 252. The number of hydrogen-bond acceptors (Lipinski definition) is 1. The fraction of sp³-hybridized carbons (Fsp3) is 1.00. The number of ether oxygens (including phenoxy) is 1. The van der Waals surface area contributed by atoms with E-state index in [2.05, 4.69) is 48.5 Å². The zero-order chi connectivity index (χ0) is 14.0. The maximum atomic E-state index is 5.36. The monoisotopic (exact) mass is 254 g/mol. The Hall–Kier alpha value is -0.0400. The smallest absolute Gasteiger partial charge is 0.0516 e. The summed E-state index contributed by atoms with van der Waals surface area (Å²) in [5.74, 6) is 0.817. The molecule has 1 rings (SSSR count). The second kappa shape index (κ2) is 5.53. The average molecular weight is 254 g/mol. The van der Waals surface area contributed by atoms with Crippen LogP contribution < -0.4 is 0 Å². The highest BCUT2D eigenvalue weighted by Crippen LogP contribution is 2.44. The minimum absolute atomic E-state index is 0.428. The van der Waals surface area contributed by atoms with Gasteiger partial charge < -0.3 is 4.74 Å². The fourth-order valence-corrected chi connectivity index (χ4v) is 3.32. The van der Waals surface area contributed by atoms with Crippen LogP contribution in [0.3, 0.4) is 0 Å². The quantitative estimate of drug-likeness (QED) is 0.647. The molecule has 0 aromatic rings. The first-order valence-electron chi connectivity index (χ1n) is 7.57. The molecule has 1 atom stereocenters. The van der Waals surface area contributed by atoms with E-state index in [9.17, 15) is 0 Å². The van der Waals surface area contributed by atoms with Gasteiger partial charge in [0.25, 0.3) is 0 Å². The summed E-state index contributed by atoms with van der Waals surface area (Å²) >= 11 is 0. The minimum Gasteiger partial charge on any atom is -0.381 e. The van der Waals surface area contributed by atoms with E-state index in [1.165, 1.54) is 25.7 Å². The molecule has 18 heavy (non-hydrogen) atoms. The Morgan fingerprint density at radius 1 is 0.833 bits per heavy atom. The molecular formula is C17H34O. The van der Waals surface area contributed by atoms with Gasteiger partial charge in [-0.2, -0.15) is 0 Å². The lowest BCUT2D eigenvalue weighted by Gasteiger charge is -2.42. The van der Waals surface area contributed by atoms with Crippen LogP contribution in [0.15, 0.2) is 0 Å². The highest BCUT2D eigenvalue weighted by molar-refractivity contribution is 4.85. The third-order valence-corrected chi connectivity index (χ3v) is 3.92. The molecule has 1 aliphatic rings. The standard InChI is InChI=1S/C17H34O/c1-15(2,3)8-9-17(7,13-16(4,5)6)10-14-11-18-12-14/h14H,8-13H2,1-7H3/t17-/m0/s1. The predicted octanol–water partition coefficient (Wildman–Crippen LogP) is 5.29. The minimum atomic E-state index is 0.428. The van der Waals surface area contributed by atoms with Crippen molar-refractivity contribution in [3.63, 3.8) is 0 Å². The van der Waals surface area contributed by atoms with E-state index in [-0.39, 0.29) is 0 Å². The first-order valence-corrected chi connectivity index (χ1v) is 7.57. The van der Waals surface area contributed by atoms with Crippen LogP contribution in [0.25, 0.3) is 0 Å². The lowest BCUT2D eigenvalue weighted by atomic mass is 9.66. The Kier molecular flexibility index (Phi) is 4.92. The van der Waals surface area contributed by atoms with Crippen molar-refractivity contribution in [3.8, 4) is 0 Å². The molecule has 1 saturated heterocycles. The fourth-order valence-electron chi connectivity index (χ4n) is 3.32. The van der Waals surface area contributed by atoms with Gasteiger partial charge >= 0.3 is 0 Å². The predicted molar refractivity (Wildman–Crippen MR) is 79.8 cm³/mol. The van der Waals surface area contributed by atoms with Crippen LogP contribution in [0.5, 0.6) is 0 Å². The summed E-state index contributed by atoms with van der Waals surface area (Å²) in [4.78, 5) is 0. The molecule has 0 aliphatic carbocycles. The van der Waals surface area contributed by atoms with Crippen molar-refractivity contribution < 1.29 is 4.74 Å². The molecule has 1 aliphatic heterocycles. The van der Waals surface area contributed by atoms with Crippen molar-refractivity contribution in [3.05, 3.63) is 0 Å². The Morgan fingerprint density at radius 3 is 1.72 bits per heavy atom. The van der Waals surface area contributed by atoms with E-state index in [1.807, 2.05) is 0 Å². The summed E-state index contributed by atoms with van der Waals surface area (Å²) in [5.41, 5.74) is 1.37. The summed E-state index contributed by atoms with van der Waals surface area (Å²) in [6.45, 7) is 18.7. The zero-order valence-corrected chi connectivity index (χ0v) is 13.7. The maximum Gasteiger partial charge on any atom is 0.0516 e. The van der Waals surface area contributed by atoms with Crippen LogP contribution in [0.1, 0.15) is 74.1 Å². The van der Waals surface area contributed by atoms with Crippen LogP contribution in [0.4, 0.5) is 0 Å². The van der Waals surface area contributed by atoms with Crippen LogP contribution in [0, 0.1) is 22.2 Å². The zero-order valence-electron chi connectivity index (χ0n) is 13.7. The van der Waals surface area contributed by atoms with Crippen LogP contribution in [-0.4, -0.2) is 13.2 Å². The third-order valence-electron chi connectivity index (χ3n) is 3.92. The van der Waals surface area contributed by atoms with Gasteiger partial charge in [-0.25, -0.2) is 0 Å². The molecule has 0 unspecified atom stereocenters. The molecule has 1 heteroatoms. The maximum absolute atomic E-state index is 5.36. The van der Waals surface area contributed by atoms with Gasteiger partial charge in [0, 0.05) is 5.92 Å². The molecule has 0 radical (unpaired) electrons. The van der Waals surface area contributed by atoms with Crippen molar-refractivity contribution in [2.45, 2.75) is 74.1 Å². The van der Waals surface area contributed by atoms with Gasteiger partial charge in [-0.3, -0.25) is 0 Å². The second-order valence-corrected chi connectivity index (χ2v) is 9.22. The first kappa shape index (κ1) is 16.0. The van der Waals surface area contributed by atoms with E-state index < -0.39 is 0 Å². The molecule has 0 amide bonds. The molecule has 1 fully saturated rings. The van der Waals surface area contributed by atoms with Crippen molar-refractivity contribution in [2.75, 3.05) is 13.2 Å². The molecule has 0 aromatic carbocycles. The topological polar surface area (TPSA) is 9.23 Å². The van der Waals surface area contributed by atoms with E-state index in [0.717, 1.165) is 19.1 Å².